The SMILES string of the molecule is COC.COc1ccc(CN(Cc2ccc(OC)cc2)S(=O)(=O)C(C)[C@H](O)c2ncc(C)cn2)cc1. The first kappa shape index (κ1) is 29.2. The average Bonchev–Trinajstić information content (AvgIpc) is 2.89. The zero-order valence-electron chi connectivity index (χ0n) is 21.6. The highest BCUT2D eigenvalue weighted by Crippen LogP contribution is 2.26. The summed E-state index contributed by atoms with van der Waals surface area (Å²) in [6, 6.07) is 14.4. The Bertz CT molecular complexity index is 1100. The number of methoxy groups -OCH3 is 3. The van der Waals surface area contributed by atoms with Gasteiger partial charge in [-0.1, -0.05) is 24.3 Å². The van der Waals surface area contributed by atoms with Gasteiger partial charge in [0, 0.05) is 39.7 Å². The predicted octanol–water partition coefficient (Wildman–Crippen LogP) is 3.52. The van der Waals surface area contributed by atoms with Gasteiger partial charge in [0.2, 0.25) is 10.0 Å². The molecule has 0 bridgehead atoms. The Morgan fingerprint density at radius 3 is 1.58 bits per heavy atom. The Morgan fingerprint density at radius 1 is 0.833 bits per heavy atom. The number of ether oxygens (including phenoxy) is 3. The van der Waals surface area contributed by atoms with Crippen LogP contribution in [0.15, 0.2) is 60.9 Å². The van der Waals surface area contributed by atoms with Crippen molar-refractivity contribution >= 4 is 10.0 Å². The first-order chi connectivity index (χ1) is 17.2. The second-order valence-corrected chi connectivity index (χ2v) is 10.5. The van der Waals surface area contributed by atoms with Crippen molar-refractivity contribution < 1.29 is 27.7 Å². The molecule has 1 aromatic heterocycles. The molecule has 0 aliphatic carbocycles. The molecule has 3 aromatic rings. The molecule has 0 radical (unpaired) electrons. The van der Waals surface area contributed by atoms with E-state index in [-0.39, 0.29) is 18.9 Å². The standard InChI is InChI=1S/C24H29N3O5S.C2H6O/c1-17-13-25-24(26-14-17)23(28)18(2)33(29,30)27(15-19-5-9-21(31-3)10-6-19)16-20-7-11-22(32-4)12-8-20;1-3-2/h5-14,18,23,28H,15-16H2,1-4H3;1-2H3/t18?,23-;/m0./s1. The Balaban J connectivity index is 0.00000145. The molecule has 196 valence electrons. The summed E-state index contributed by atoms with van der Waals surface area (Å²) in [4.78, 5) is 8.21. The van der Waals surface area contributed by atoms with Gasteiger partial charge in [-0.05, 0) is 54.8 Å². The van der Waals surface area contributed by atoms with Gasteiger partial charge in [-0.3, -0.25) is 0 Å². The van der Waals surface area contributed by atoms with Crippen molar-refractivity contribution in [1.82, 2.24) is 14.3 Å². The van der Waals surface area contributed by atoms with E-state index in [1.54, 1.807) is 65.1 Å². The molecule has 0 spiro atoms. The van der Waals surface area contributed by atoms with Gasteiger partial charge < -0.3 is 19.3 Å². The van der Waals surface area contributed by atoms with Crippen molar-refractivity contribution in [1.29, 1.82) is 0 Å². The van der Waals surface area contributed by atoms with Crippen molar-refractivity contribution in [3.63, 3.8) is 0 Å². The van der Waals surface area contributed by atoms with Crippen LogP contribution in [0.2, 0.25) is 0 Å². The van der Waals surface area contributed by atoms with E-state index in [9.17, 15) is 13.5 Å². The number of aromatic nitrogens is 2. The van der Waals surface area contributed by atoms with Crippen LogP contribution in [0.1, 0.15) is 35.5 Å². The highest BCUT2D eigenvalue weighted by atomic mass is 32.2. The van der Waals surface area contributed by atoms with E-state index in [4.69, 9.17) is 9.47 Å². The molecule has 1 N–H and O–H groups in total. The Hall–Kier alpha value is -3.05. The molecule has 0 aliphatic heterocycles. The highest BCUT2D eigenvalue weighted by Gasteiger charge is 2.36. The molecule has 2 atom stereocenters. The molecule has 0 saturated heterocycles. The fraction of sp³-hybridized carbons (Fsp3) is 0.385. The number of aliphatic hydroxyl groups is 1. The number of sulfonamides is 1. The first-order valence-corrected chi connectivity index (χ1v) is 12.8. The van der Waals surface area contributed by atoms with Crippen LogP contribution in [-0.4, -0.2) is 61.5 Å². The van der Waals surface area contributed by atoms with Crippen molar-refractivity contribution in [2.75, 3.05) is 28.4 Å². The van der Waals surface area contributed by atoms with E-state index in [2.05, 4.69) is 14.7 Å². The monoisotopic (exact) mass is 517 g/mol. The lowest BCUT2D eigenvalue weighted by atomic mass is 10.2. The molecule has 36 heavy (non-hydrogen) atoms. The van der Waals surface area contributed by atoms with Crippen LogP contribution in [0.4, 0.5) is 0 Å². The van der Waals surface area contributed by atoms with Crippen molar-refractivity contribution in [3.05, 3.63) is 83.4 Å². The Morgan fingerprint density at radius 2 is 1.22 bits per heavy atom. The van der Waals surface area contributed by atoms with E-state index < -0.39 is 21.4 Å². The van der Waals surface area contributed by atoms with Gasteiger partial charge in [-0.15, -0.1) is 0 Å². The molecule has 0 fully saturated rings. The van der Waals surface area contributed by atoms with Crippen LogP contribution in [0.25, 0.3) is 0 Å². The minimum absolute atomic E-state index is 0.0746. The van der Waals surface area contributed by atoms with E-state index in [0.29, 0.717) is 11.5 Å². The molecule has 1 unspecified atom stereocenters. The number of hydrogen-bond acceptors (Lipinski definition) is 8. The zero-order chi connectivity index (χ0) is 26.7. The van der Waals surface area contributed by atoms with Gasteiger partial charge >= 0.3 is 0 Å². The lowest BCUT2D eigenvalue weighted by Gasteiger charge is -2.28. The minimum Gasteiger partial charge on any atom is -0.497 e. The summed E-state index contributed by atoms with van der Waals surface area (Å²) in [6.45, 7) is 3.55. The Kier molecular flexibility index (Phi) is 11.3. The van der Waals surface area contributed by atoms with Gasteiger partial charge in [0.25, 0.3) is 0 Å². The van der Waals surface area contributed by atoms with Crippen molar-refractivity contribution in [3.8, 4) is 11.5 Å². The summed E-state index contributed by atoms with van der Waals surface area (Å²) < 4.78 is 43.3. The highest BCUT2D eigenvalue weighted by molar-refractivity contribution is 7.89. The molecular weight excluding hydrogens is 482 g/mol. The van der Waals surface area contributed by atoms with E-state index >= 15 is 0 Å². The summed E-state index contributed by atoms with van der Waals surface area (Å²) in [6.07, 6.45) is 1.74. The van der Waals surface area contributed by atoms with Crippen LogP contribution in [0.5, 0.6) is 11.5 Å². The maximum absolute atomic E-state index is 13.6. The number of benzene rings is 2. The lowest BCUT2D eigenvalue weighted by molar-refractivity contribution is 0.162. The second-order valence-electron chi connectivity index (χ2n) is 8.19. The first-order valence-electron chi connectivity index (χ1n) is 11.3. The number of hydrogen-bond donors (Lipinski definition) is 1. The van der Waals surface area contributed by atoms with Crippen LogP contribution < -0.4 is 9.47 Å². The summed E-state index contributed by atoms with van der Waals surface area (Å²) >= 11 is 0. The minimum atomic E-state index is -3.95. The average molecular weight is 518 g/mol. The molecule has 10 heteroatoms. The van der Waals surface area contributed by atoms with Gasteiger partial charge in [0.1, 0.15) is 22.9 Å². The van der Waals surface area contributed by atoms with Crippen molar-refractivity contribution in [2.45, 2.75) is 38.3 Å². The third-order valence-corrected chi connectivity index (χ3v) is 7.55. The molecule has 0 saturated carbocycles. The zero-order valence-corrected chi connectivity index (χ0v) is 22.4. The maximum atomic E-state index is 13.6. The molecule has 1 heterocycles. The third kappa shape index (κ3) is 7.99. The van der Waals surface area contributed by atoms with Crippen LogP contribution in [-0.2, 0) is 27.8 Å². The molecular formula is C26H35N3O6S. The normalized spacial score (nSPS) is 12.9. The van der Waals surface area contributed by atoms with Crippen LogP contribution >= 0.6 is 0 Å². The van der Waals surface area contributed by atoms with Gasteiger partial charge in [0.05, 0.1) is 14.2 Å². The Labute approximate surface area is 213 Å². The number of aliphatic hydroxyl groups excluding tert-OH is 1. The molecule has 0 amide bonds. The predicted molar refractivity (Wildman–Crippen MR) is 138 cm³/mol. The van der Waals surface area contributed by atoms with Crippen LogP contribution in [0, 0.1) is 6.92 Å². The maximum Gasteiger partial charge on any atom is 0.220 e. The van der Waals surface area contributed by atoms with Crippen LogP contribution in [0.3, 0.4) is 0 Å². The lowest BCUT2D eigenvalue weighted by Crippen LogP contribution is -2.40. The quantitative estimate of drug-likeness (QED) is 0.435. The largest absolute Gasteiger partial charge is 0.497 e. The number of nitrogens with zero attached hydrogens (tertiary/aromatic N) is 3. The molecule has 2 aromatic carbocycles. The third-order valence-electron chi connectivity index (χ3n) is 5.38. The number of aryl methyl sites for hydroxylation is 1. The molecule has 3 rings (SSSR count). The van der Waals surface area contributed by atoms with E-state index in [0.717, 1.165) is 16.7 Å². The van der Waals surface area contributed by atoms with Gasteiger partial charge in [-0.2, -0.15) is 4.31 Å². The fourth-order valence-electron chi connectivity index (χ4n) is 3.27. The van der Waals surface area contributed by atoms with Crippen molar-refractivity contribution in [2.24, 2.45) is 0 Å². The van der Waals surface area contributed by atoms with E-state index in [1.807, 2.05) is 31.2 Å². The fourth-order valence-corrected chi connectivity index (χ4v) is 4.84. The summed E-state index contributed by atoms with van der Waals surface area (Å²) in [5, 5.41) is 9.61. The number of rotatable bonds is 10. The molecule has 9 nitrogen and oxygen atoms in total. The molecule has 0 aliphatic rings. The smallest absolute Gasteiger partial charge is 0.220 e. The summed E-state index contributed by atoms with van der Waals surface area (Å²) in [5.74, 6) is 1.44. The van der Waals surface area contributed by atoms with E-state index in [1.165, 1.54) is 11.2 Å². The second kappa shape index (κ2) is 13.9. The summed E-state index contributed by atoms with van der Waals surface area (Å²) in [5.41, 5.74) is 2.41. The topological polar surface area (TPSA) is 111 Å². The van der Waals surface area contributed by atoms with Gasteiger partial charge in [0.15, 0.2) is 5.82 Å². The van der Waals surface area contributed by atoms with Gasteiger partial charge in [-0.25, -0.2) is 18.4 Å². The summed E-state index contributed by atoms with van der Waals surface area (Å²) in [7, 11) is 2.45.